The van der Waals surface area contributed by atoms with Crippen molar-refractivity contribution in [2.45, 2.75) is 18.4 Å². The first-order valence-corrected chi connectivity index (χ1v) is 8.43. The van der Waals surface area contributed by atoms with Gasteiger partial charge in [-0.2, -0.15) is 8.42 Å². The Morgan fingerprint density at radius 3 is 2.42 bits per heavy atom. The van der Waals surface area contributed by atoms with E-state index in [2.05, 4.69) is 4.98 Å². The van der Waals surface area contributed by atoms with E-state index in [0.29, 0.717) is 12.4 Å². The maximum absolute atomic E-state index is 11.0. The van der Waals surface area contributed by atoms with Crippen molar-refractivity contribution in [3.8, 4) is 5.75 Å². The molecule has 0 saturated heterocycles. The van der Waals surface area contributed by atoms with E-state index in [-0.39, 0.29) is 34.5 Å². The number of ether oxygens (including phenoxy) is 1. The van der Waals surface area contributed by atoms with Gasteiger partial charge in [-0.05, 0) is 43.3 Å². The van der Waals surface area contributed by atoms with Crippen LogP contribution in [-0.2, 0) is 16.7 Å². The van der Waals surface area contributed by atoms with E-state index in [4.69, 9.17) is 9.29 Å². The summed E-state index contributed by atoms with van der Waals surface area (Å²) in [5.41, 5.74) is 2.82. The van der Waals surface area contributed by atoms with E-state index in [0.717, 1.165) is 22.2 Å². The van der Waals surface area contributed by atoms with E-state index < -0.39 is 10.1 Å². The molecule has 0 aliphatic heterocycles. The molecule has 7 heteroatoms. The van der Waals surface area contributed by atoms with E-state index in [1.807, 2.05) is 37.3 Å². The molecule has 0 saturated carbocycles. The van der Waals surface area contributed by atoms with Crippen molar-refractivity contribution in [3.63, 3.8) is 0 Å². The van der Waals surface area contributed by atoms with Gasteiger partial charge in [0.05, 0.1) is 10.4 Å². The summed E-state index contributed by atoms with van der Waals surface area (Å²) in [6, 6.07) is 15.4. The first-order chi connectivity index (χ1) is 10.9. The van der Waals surface area contributed by atoms with Gasteiger partial charge >= 0.3 is 29.6 Å². The van der Waals surface area contributed by atoms with Crippen LogP contribution in [0.25, 0.3) is 10.9 Å². The van der Waals surface area contributed by atoms with Crippen LogP contribution in [0.15, 0.2) is 59.5 Å². The molecule has 1 heterocycles. The Labute approximate surface area is 162 Å². The normalized spacial score (nSPS) is 11.1. The second-order valence-corrected chi connectivity index (χ2v) is 6.60. The number of fused-ring (bicyclic) bond motifs is 1. The van der Waals surface area contributed by atoms with Crippen LogP contribution in [0.4, 0.5) is 0 Å². The summed E-state index contributed by atoms with van der Waals surface area (Å²) in [7, 11) is -4.18. The fourth-order valence-corrected chi connectivity index (χ4v) is 2.86. The van der Waals surface area contributed by atoms with Crippen LogP contribution < -0.4 is 4.74 Å². The molecule has 0 atom stereocenters. The zero-order chi connectivity index (χ0) is 16.4. The number of nitrogens with zero attached hydrogens (tertiary/aromatic N) is 1. The van der Waals surface area contributed by atoms with Crippen LogP contribution in [0.3, 0.4) is 0 Å². The summed E-state index contributed by atoms with van der Waals surface area (Å²) < 4.78 is 36.7. The Balaban J connectivity index is 0.00000208. The van der Waals surface area contributed by atoms with Crippen molar-refractivity contribution in [1.29, 1.82) is 0 Å². The van der Waals surface area contributed by atoms with Crippen molar-refractivity contribution in [2.24, 2.45) is 0 Å². The molecule has 3 aromatic rings. The molecule has 1 aromatic heterocycles. The van der Waals surface area contributed by atoms with Crippen LogP contribution in [0, 0.1) is 6.92 Å². The number of hydrogen-bond acceptors (Lipinski definition) is 4. The molecule has 0 amide bonds. The first kappa shape index (κ1) is 18.9. The summed E-state index contributed by atoms with van der Waals surface area (Å²) in [5, 5.41) is 1.02. The van der Waals surface area contributed by atoms with Crippen LogP contribution in [-0.4, -0.2) is 47.5 Å². The molecule has 0 aliphatic rings. The number of aromatic nitrogens is 1. The zero-order valence-corrected chi connectivity index (χ0v) is 13.2. The molecule has 24 heavy (non-hydrogen) atoms. The Kier molecular flexibility index (Phi) is 6.01. The molecule has 2 aromatic carbocycles. The minimum atomic E-state index is -4.18. The topological polar surface area (TPSA) is 76.5 Å². The van der Waals surface area contributed by atoms with Crippen LogP contribution in [0.1, 0.15) is 11.3 Å². The number of para-hydroxylation sites is 1. The summed E-state index contributed by atoms with van der Waals surface area (Å²) in [6.07, 6.45) is 0. The molecular weight excluding hydrogens is 337 g/mol. The third kappa shape index (κ3) is 4.34. The number of rotatable bonds is 4. The van der Waals surface area contributed by atoms with Gasteiger partial charge in [0.1, 0.15) is 12.4 Å². The van der Waals surface area contributed by atoms with Gasteiger partial charge in [0.15, 0.2) is 0 Å². The van der Waals surface area contributed by atoms with E-state index in [9.17, 15) is 8.42 Å². The van der Waals surface area contributed by atoms with Crippen molar-refractivity contribution < 1.29 is 17.7 Å². The Morgan fingerprint density at radius 1 is 1.08 bits per heavy atom. The van der Waals surface area contributed by atoms with Gasteiger partial charge in [-0.15, -0.1) is 0 Å². The molecule has 0 spiro atoms. The molecular formula is C17H16NNaO4S. The molecule has 0 unspecified atom stereocenters. The van der Waals surface area contributed by atoms with E-state index in [1.54, 1.807) is 0 Å². The van der Waals surface area contributed by atoms with Crippen LogP contribution in [0.5, 0.6) is 5.75 Å². The van der Waals surface area contributed by atoms with Crippen molar-refractivity contribution >= 4 is 50.6 Å². The van der Waals surface area contributed by atoms with E-state index in [1.165, 1.54) is 24.3 Å². The average Bonchev–Trinajstić information content (AvgIpc) is 2.52. The predicted octanol–water partition coefficient (Wildman–Crippen LogP) is 2.72. The Morgan fingerprint density at radius 2 is 1.75 bits per heavy atom. The van der Waals surface area contributed by atoms with Crippen molar-refractivity contribution in [1.82, 2.24) is 4.98 Å². The van der Waals surface area contributed by atoms with Crippen molar-refractivity contribution in [3.05, 3.63) is 65.9 Å². The maximum atomic E-state index is 11.0. The summed E-state index contributed by atoms with van der Waals surface area (Å²) >= 11 is 0. The molecule has 0 radical (unpaired) electrons. The number of hydrogen-bond donors (Lipinski definition) is 1. The molecule has 0 fully saturated rings. The Bertz CT molecular complexity index is 956. The van der Waals surface area contributed by atoms with Crippen molar-refractivity contribution in [2.75, 3.05) is 0 Å². The molecule has 120 valence electrons. The molecule has 0 aliphatic carbocycles. The second kappa shape index (κ2) is 7.63. The molecule has 5 nitrogen and oxygen atoms in total. The quantitative estimate of drug-likeness (QED) is 0.576. The number of pyridine rings is 1. The molecule has 3 rings (SSSR count). The number of benzene rings is 2. The summed E-state index contributed by atoms with van der Waals surface area (Å²) in [6.45, 7) is 2.27. The minimum absolute atomic E-state index is 0. The van der Waals surface area contributed by atoms with Gasteiger partial charge in [-0.1, -0.05) is 18.2 Å². The monoisotopic (exact) mass is 353 g/mol. The SMILES string of the molecule is Cc1cc(COc2ccc(S(=O)(=O)O)cc2)c2ccccc2n1.[NaH]. The number of aryl methyl sites for hydroxylation is 1. The molecule has 0 bridgehead atoms. The zero-order valence-electron chi connectivity index (χ0n) is 12.4. The van der Waals surface area contributed by atoms with Gasteiger partial charge in [0.2, 0.25) is 0 Å². The van der Waals surface area contributed by atoms with Crippen LogP contribution in [0.2, 0.25) is 0 Å². The van der Waals surface area contributed by atoms with Gasteiger partial charge in [0, 0.05) is 16.6 Å². The van der Waals surface area contributed by atoms with Gasteiger partial charge in [0.25, 0.3) is 10.1 Å². The third-order valence-electron chi connectivity index (χ3n) is 3.45. The van der Waals surface area contributed by atoms with Gasteiger partial charge in [-0.3, -0.25) is 9.54 Å². The van der Waals surface area contributed by atoms with Gasteiger partial charge in [-0.25, -0.2) is 0 Å². The molecule has 1 N–H and O–H groups in total. The standard InChI is InChI=1S/C17H15NO4S.Na.H/c1-12-10-13(16-4-2-3-5-17(16)18-12)11-22-14-6-8-15(9-7-14)23(19,20)21;;/h2-10H,11H2,1H3,(H,19,20,21);;. The van der Waals surface area contributed by atoms with E-state index >= 15 is 0 Å². The second-order valence-electron chi connectivity index (χ2n) is 5.18. The summed E-state index contributed by atoms with van der Waals surface area (Å²) in [5.74, 6) is 0.524. The fourth-order valence-electron chi connectivity index (χ4n) is 2.38. The first-order valence-electron chi connectivity index (χ1n) is 6.99. The Hall–Kier alpha value is -1.44. The fraction of sp³-hybridized carbons (Fsp3) is 0.118. The third-order valence-corrected chi connectivity index (χ3v) is 4.31. The van der Waals surface area contributed by atoms with Crippen LogP contribution >= 0.6 is 0 Å². The average molecular weight is 353 g/mol. The predicted molar refractivity (Wildman–Crippen MR) is 94.2 cm³/mol. The van der Waals surface area contributed by atoms with Gasteiger partial charge < -0.3 is 4.74 Å². The summed E-state index contributed by atoms with van der Waals surface area (Å²) in [4.78, 5) is 4.32.